The predicted molar refractivity (Wildman–Crippen MR) is 62.5 cm³/mol. The Kier molecular flexibility index (Phi) is 2.22. The van der Waals surface area contributed by atoms with Crippen LogP contribution in [-0.2, 0) is 0 Å². The molecule has 1 atom stereocenters. The van der Waals surface area contributed by atoms with Gasteiger partial charge in [-0.25, -0.2) is 4.98 Å². The van der Waals surface area contributed by atoms with Gasteiger partial charge < -0.3 is 5.32 Å². The van der Waals surface area contributed by atoms with Crippen LogP contribution < -0.4 is 10.9 Å². The minimum Gasteiger partial charge on any atom is -0.315 e. The van der Waals surface area contributed by atoms with Gasteiger partial charge in [0.1, 0.15) is 0 Å². The van der Waals surface area contributed by atoms with E-state index in [2.05, 4.69) is 10.3 Å². The van der Waals surface area contributed by atoms with E-state index in [1.807, 2.05) is 24.3 Å². The van der Waals surface area contributed by atoms with Gasteiger partial charge in [0.15, 0.2) is 0 Å². The molecule has 16 heavy (non-hydrogen) atoms. The van der Waals surface area contributed by atoms with Gasteiger partial charge >= 0.3 is 0 Å². The Morgan fingerprint density at radius 2 is 2.25 bits per heavy atom. The summed E-state index contributed by atoms with van der Waals surface area (Å²) >= 11 is 0. The van der Waals surface area contributed by atoms with Crippen LogP contribution in [0.1, 0.15) is 12.5 Å². The number of hydrogen-bond donors (Lipinski definition) is 1. The molecule has 0 radical (unpaired) electrons. The van der Waals surface area contributed by atoms with Crippen molar-refractivity contribution < 1.29 is 0 Å². The highest BCUT2D eigenvalue weighted by atomic mass is 16.1. The van der Waals surface area contributed by atoms with Crippen LogP contribution in [-0.4, -0.2) is 22.6 Å². The summed E-state index contributed by atoms with van der Waals surface area (Å²) in [5.41, 5.74) is 0.842. The Labute approximate surface area is 92.9 Å². The van der Waals surface area contributed by atoms with E-state index >= 15 is 0 Å². The van der Waals surface area contributed by atoms with Crippen molar-refractivity contribution >= 4 is 10.9 Å². The molecule has 0 saturated carbocycles. The molecule has 1 aromatic carbocycles. The first-order valence-electron chi connectivity index (χ1n) is 5.53. The molecule has 82 valence electrons. The van der Waals surface area contributed by atoms with Gasteiger partial charge in [-0.15, -0.1) is 0 Å². The number of aromatic nitrogens is 2. The Bertz CT molecular complexity index is 570. The number of fused-ring (bicyclic) bond motifs is 1. The van der Waals surface area contributed by atoms with Gasteiger partial charge in [0, 0.05) is 6.54 Å². The number of para-hydroxylation sites is 1. The zero-order valence-electron chi connectivity index (χ0n) is 8.89. The average Bonchev–Trinajstić information content (AvgIpc) is 2.83. The normalized spacial score (nSPS) is 20.4. The molecule has 1 aromatic heterocycles. The molecular formula is C12H13N3O. The van der Waals surface area contributed by atoms with E-state index < -0.39 is 0 Å². The fourth-order valence-electron chi connectivity index (χ4n) is 2.22. The molecule has 0 amide bonds. The van der Waals surface area contributed by atoms with E-state index in [1.54, 1.807) is 10.9 Å². The van der Waals surface area contributed by atoms with Crippen LogP contribution >= 0.6 is 0 Å². The lowest BCUT2D eigenvalue weighted by Crippen LogP contribution is -2.26. The van der Waals surface area contributed by atoms with Crippen molar-refractivity contribution in [3.05, 3.63) is 40.9 Å². The number of hydrogen-bond acceptors (Lipinski definition) is 3. The Morgan fingerprint density at radius 1 is 1.38 bits per heavy atom. The van der Waals surface area contributed by atoms with Crippen molar-refractivity contribution in [2.45, 2.75) is 12.5 Å². The van der Waals surface area contributed by atoms with Crippen molar-refractivity contribution in [1.82, 2.24) is 14.9 Å². The standard InChI is InChI=1S/C12H13N3O/c16-12-10-3-1-2-4-11(10)14-8-15(12)9-5-6-13-7-9/h1-4,8-9,13H,5-7H2/t9-/m0/s1. The zero-order valence-corrected chi connectivity index (χ0v) is 8.89. The van der Waals surface area contributed by atoms with Crippen LogP contribution in [0.3, 0.4) is 0 Å². The molecule has 4 heteroatoms. The Balaban J connectivity index is 2.19. The third-order valence-electron chi connectivity index (χ3n) is 3.12. The molecule has 0 spiro atoms. The lowest BCUT2D eigenvalue weighted by atomic mass is 10.2. The maximum absolute atomic E-state index is 12.2. The van der Waals surface area contributed by atoms with Gasteiger partial charge in [0.25, 0.3) is 5.56 Å². The fraction of sp³-hybridized carbons (Fsp3) is 0.333. The molecule has 0 aliphatic carbocycles. The van der Waals surface area contributed by atoms with Crippen LogP contribution in [0.5, 0.6) is 0 Å². The molecule has 1 aliphatic heterocycles. The second-order valence-corrected chi connectivity index (χ2v) is 4.12. The monoisotopic (exact) mass is 215 g/mol. The van der Waals surface area contributed by atoms with Gasteiger partial charge in [-0.3, -0.25) is 9.36 Å². The summed E-state index contributed by atoms with van der Waals surface area (Å²) in [4.78, 5) is 16.5. The van der Waals surface area contributed by atoms with E-state index in [9.17, 15) is 4.79 Å². The molecule has 1 N–H and O–H groups in total. The Hall–Kier alpha value is -1.68. The first-order valence-corrected chi connectivity index (χ1v) is 5.53. The van der Waals surface area contributed by atoms with Crippen LogP contribution in [0.4, 0.5) is 0 Å². The van der Waals surface area contributed by atoms with Gasteiger partial charge in [-0.1, -0.05) is 12.1 Å². The van der Waals surface area contributed by atoms with Crippen LogP contribution in [0.25, 0.3) is 10.9 Å². The molecule has 0 unspecified atom stereocenters. The number of rotatable bonds is 1. The first-order chi connectivity index (χ1) is 7.86. The van der Waals surface area contributed by atoms with Gasteiger partial charge in [-0.05, 0) is 25.1 Å². The predicted octanol–water partition coefficient (Wildman–Crippen LogP) is 0.931. The van der Waals surface area contributed by atoms with Crippen LogP contribution in [0.15, 0.2) is 35.4 Å². The third-order valence-corrected chi connectivity index (χ3v) is 3.12. The van der Waals surface area contributed by atoms with Crippen LogP contribution in [0.2, 0.25) is 0 Å². The van der Waals surface area contributed by atoms with Crippen molar-refractivity contribution in [1.29, 1.82) is 0 Å². The second-order valence-electron chi connectivity index (χ2n) is 4.12. The minimum atomic E-state index is 0.0688. The van der Waals surface area contributed by atoms with Gasteiger partial charge in [-0.2, -0.15) is 0 Å². The van der Waals surface area contributed by atoms with E-state index in [-0.39, 0.29) is 11.6 Å². The van der Waals surface area contributed by atoms with Gasteiger partial charge in [0.05, 0.1) is 23.3 Å². The molecule has 3 rings (SSSR count). The second kappa shape index (κ2) is 3.72. The van der Waals surface area contributed by atoms with E-state index in [0.717, 1.165) is 25.0 Å². The zero-order chi connectivity index (χ0) is 11.0. The maximum Gasteiger partial charge on any atom is 0.261 e. The molecule has 4 nitrogen and oxygen atoms in total. The average molecular weight is 215 g/mol. The first kappa shape index (κ1) is 9.54. The highest BCUT2D eigenvalue weighted by Crippen LogP contribution is 2.13. The van der Waals surface area contributed by atoms with Crippen molar-refractivity contribution in [3.8, 4) is 0 Å². The SMILES string of the molecule is O=c1c2ccccc2ncn1[C@H]1CCNC1. The van der Waals surface area contributed by atoms with E-state index in [1.165, 1.54) is 0 Å². The van der Waals surface area contributed by atoms with Gasteiger partial charge in [0.2, 0.25) is 0 Å². The molecule has 2 heterocycles. The van der Waals surface area contributed by atoms with Crippen molar-refractivity contribution in [2.24, 2.45) is 0 Å². The summed E-state index contributed by atoms with van der Waals surface area (Å²) in [5.74, 6) is 0. The number of nitrogens with one attached hydrogen (secondary N) is 1. The summed E-state index contributed by atoms with van der Waals surface area (Å²) in [6, 6.07) is 7.74. The van der Waals surface area contributed by atoms with E-state index in [0.29, 0.717) is 5.39 Å². The lowest BCUT2D eigenvalue weighted by Gasteiger charge is -2.12. The summed E-state index contributed by atoms with van der Waals surface area (Å²) in [6.45, 7) is 1.84. The maximum atomic E-state index is 12.2. The van der Waals surface area contributed by atoms with Crippen molar-refractivity contribution in [2.75, 3.05) is 13.1 Å². The molecule has 1 aliphatic rings. The largest absolute Gasteiger partial charge is 0.315 e. The van der Waals surface area contributed by atoms with E-state index in [4.69, 9.17) is 0 Å². The summed E-state index contributed by atoms with van der Waals surface area (Å²) in [6.07, 6.45) is 2.67. The summed E-state index contributed by atoms with van der Waals surface area (Å²) < 4.78 is 1.75. The minimum absolute atomic E-state index is 0.0688. The highest BCUT2D eigenvalue weighted by molar-refractivity contribution is 5.76. The molecule has 0 bridgehead atoms. The quantitative estimate of drug-likeness (QED) is 0.769. The smallest absolute Gasteiger partial charge is 0.261 e. The molecule has 2 aromatic rings. The summed E-state index contributed by atoms with van der Waals surface area (Å²) in [7, 11) is 0. The van der Waals surface area contributed by atoms with Crippen molar-refractivity contribution in [3.63, 3.8) is 0 Å². The number of benzene rings is 1. The highest BCUT2D eigenvalue weighted by Gasteiger charge is 2.18. The molecule has 1 fully saturated rings. The van der Waals surface area contributed by atoms with Crippen LogP contribution in [0, 0.1) is 0 Å². The lowest BCUT2D eigenvalue weighted by molar-refractivity contribution is 0.525. The topological polar surface area (TPSA) is 46.9 Å². The third kappa shape index (κ3) is 1.42. The number of nitrogens with zero attached hydrogens (tertiary/aromatic N) is 2. The summed E-state index contributed by atoms with van der Waals surface area (Å²) in [5, 5.41) is 3.96. The molecular weight excluding hydrogens is 202 g/mol. The fourth-order valence-corrected chi connectivity index (χ4v) is 2.22. The molecule has 1 saturated heterocycles. The Morgan fingerprint density at radius 3 is 3.06 bits per heavy atom.